The van der Waals surface area contributed by atoms with Crippen molar-refractivity contribution in [2.75, 3.05) is 0 Å². The maximum atomic E-state index is 3.29. The SMILES string of the molecule is CC1=[C-]C(C)C=C1C.CC1=[C-]C(C)C=C1C.[Cl-].[Cl-].[Zr+2]=[C](c1ccccc1)c1ccccc1.[Zr+2]=[C](c1ccccc1)c1ccccc1.c1ccc2c(c1)[cH-]c1ccccc12.c1ccc2c(c1)[cH-]c1ccccc12. The summed E-state index contributed by atoms with van der Waals surface area (Å²) >= 11 is 2.92. The van der Waals surface area contributed by atoms with Gasteiger partial charge in [-0.05, 0) is 0 Å². The average Bonchev–Trinajstić information content (AvgIpc) is 4.15. The minimum Gasteiger partial charge on any atom is -0.126 e. The molecule has 0 radical (unpaired) electrons. The molecule has 0 saturated heterocycles. The maximum Gasteiger partial charge on any atom is -0.0771 e. The van der Waals surface area contributed by atoms with Crippen LogP contribution in [-0.4, -0.2) is 6.41 Å². The van der Waals surface area contributed by atoms with E-state index in [0.717, 1.165) is 0 Å². The molecule has 2 aliphatic carbocycles. The zero-order valence-corrected chi connectivity index (χ0v) is 48.4. The third-order valence-corrected chi connectivity index (χ3v) is 15.2. The van der Waals surface area contributed by atoms with Crippen molar-refractivity contribution < 1.29 is 73.3 Å². The van der Waals surface area contributed by atoms with Gasteiger partial charge < -0.3 is 24.8 Å². The van der Waals surface area contributed by atoms with Crippen LogP contribution in [0.3, 0.4) is 0 Å². The number of benzene rings is 8. The molecule has 72 heavy (non-hydrogen) atoms. The normalized spacial score (nSPS) is 14.0. The van der Waals surface area contributed by atoms with E-state index in [-0.39, 0.29) is 24.8 Å². The molecule has 4 heteroatoms. The number of allylic oxidation sites excluding steroid dienone is 8. The first kappa shape index (κ1) is 57.4. The third-order valence-electron chi connectivity index (χ3n) is 12.4. The van der Waals surface area contributed by atoms with Gasteiger partial charge in [0, 0.05) is 0 Å². The molecule has 0 spiro atoms. The second-order valence-electron chi connectivity index (χ2n) is 17.7. The summed E-state index contributed by atoms with van der Waals surface area (Å²) < 4.78 is 2.83. The van der Waals surface area contributed by atoms with Gasteiger partial charge in [-0.25, -0.2) is 22.3 Å². The van der Waals surface area contributed by atoms with E-state index in [1.54, 1.807) is 0 Å². The Balaban J connectivity index is 0.000000162. The minimum atomic E-state index is 0. The van der Waals surface area contributed by atoms with Crippen molar-refractivity contribution in [3.05, 3.63) is 299 Å². The first-order valence-electron chi connectivity index (χ1n) is 24.1. The van der Waals surface area contributed by atoms with Gasteiger partial charge in [-0.2, -0.15) is 12.2 Å². The van der Waals surface area contributed by atoms with Crippen molar-refractivity contribution in [2.45, 2.75) is 41.5 Å². The van der Waals surface area contributed by atoms with E-state index in [1.807, 2.05) is 0 Å². The van der Waals surface area contributed by atoms with E-state index in [9.17, 15) is 0 Å². The summed E-state index contributed by atoms with van der Waals surface area (Å²) in [5.41, 5.74) is 10.7. The van der Waals surface area contributed by atoms with Crippen LogP contribution in [-0.2, 0) is 48.5 Å². The molecule has 2 aliphatic rings. The number of hydrogen-bond donors (Lipinski definition) is 0. The third kappa shape index (κ3) is 16.3. The van der Waals surface area contributed by atoms with Crippen molar-refractivity contribution in [2.24, 2.45) is 11.8 Å². The molecule has 2 unspecified atom stereocenters. The zero-order chi connectivity index (χ0) is 49.2. The van der Waals surface area contributed by atoms with E-state index in [2.05, 4.69) is 296 Å². The van der Waals surface area contributed by atoms with Crippen LogP contribution in [0.15, 0.2) is 265 Å². The summed E-state index contributed by atoms with van der Waals surface area (Å²) in [6.07, 6.45) is 11.0. The van der Waals surface area contributed by atoms with Crippen LogP contribution >= 0.6 is 0 Å². The molecular formula is C68H60Cl2Zr2-2. The maximum absolute atomic E-state index is 3.29. The first-order valence-corrected chi connectivity index (χ1v) is 26.5. The van der Waals surface area contributed by atoms with Gasteiger partial charge in [0.15, 0.2) is 0 Å². The molecule has 0 aliphatic heterocycles. The first-order chi connectivity index (χ1) is 34.0. The summed E-state index contributed by atoms with van der Waals surface area (Å²) in [6.45, 7) is 12.8. The van der Waals surface area contributed by atoms with E-state index < -0.39 is 0 Å². The van der Waals surface area contributed by atoms with Crippen LogP contribution < -0.4 is 24.8 Å². The number of halogens is 2. The minimum absolute atomic E-state index is 0. The van der Waals surface area contributed by atoms with E-state index in [4.69, 9.17) is 0 Å². The molecule has 0 bridgehead atoms. The number of fused-ring (bicyclic) bond motifs is 6. The Morgan fingerprint density at radius 2 is 0.542 bits per heavy atom. The predicted molar refractivity (Wildman–Crippen MR) is 297 cm³/mol. The van der Waals surface area contributed by atoms with E-state index in [0.29, 0.717) is 11.8 Å². The largest absolute Gasteiger partial charge is 0.126 e. The second-order valence-corrected chi connectivity index (χ2v) is 20.1. The molecule has 0 aromatic heterocycles. The second kappa shape index (κ2) is 29.3. The van der Waals surface area contributed by atoms with Crippen LogP contribution in [0, 0.1) is 24.0 Å². The van der Waals surface area contributed by atoms with Crippen LogP contribution in [0.4, 0.5) is 0 Å². The zero-order valence-electron chi connectivity index (χ0n) is 42.0. The molecular weight excluding hydrogens is 1070 g/mol. The van der Waals surface area contributed by atoms with Gasteiger partial charge in [0.05, 0.1) is 0 Å². The summed E-state index contributed by atoms with van der Waals surface area (Å²) in [6, 6.07) is 80.8. The van der Waals surface area contributed by atoms with Gasteiger partial charge in [0.2, 0.25) is 0 Å². The van der Waals surface area contributed by atoms with Crippen LogP contribution in [0.5, 0.6) is 0 Å². The molecule has 0 amide bonds. The molecule has 0 nitrogen and oxygen atoms in total. The van der Waals surface area contributed by atoms with Gasteiger partial charge in [0.25, 0.3) is 0 Å². The fraction of sp³-hybridized carbons (Fsp3) is 0.118. The molecule has 2 atom stereocenters. The smallest absolute Gasteiger partial charge is 0.0771 e. The Labute approximate surface area is 471 Å². The van der Waals surface area contributed by atoms with Crippen LogP contribution in [0.25, 0.3) is 43.1 Å². The predicted octanol–water partition coefficient (Wildman–Crippen LogP) is 11.7. The van der Waals surface area contributed by atoms with Crippen LogP contribution in [0.2, 0.25) is 0 Å². The molecule has 0 saturated carbocycles. The molecule has 10 aromatic rings. The molecule has 0 N–H and O–H groups in total. The Hall–Kier alpha value is -5.45. The summed E-state index contributed by atoms with van der Waals surface area (Å²) in [4.78, 5) is 0. The van der Waals surface area contributed by atoms with E-state index in [1.165, 1.54) is 143 Å². The van der Waals surface area contributed by atoms with Crippen molar-refractivity contribution in [3.63, 3.8) is 0 Å². The van der Waals surface area contributed by atoms with E-state index >= 15 is 0 Å². The van der Waals surface area contributed by atoms with Gasteiger partial charge in [0.1, 0.15) is 0 Å². The Morgan fingerprint density at radius 1 is 0.333 bits per heavy atom. The number of hydrogen-bond acceptors (Lipinski definition) is 0. The fourth-order valence-corrected chi connectivity index (χ4v) is 10.2. The summed E-state index contributed by atoms with van der Waals surface area (Å²) in [5.74, 6) is 1.10. The average molecular weight is 1130 g/mol. The molecule has 0 fully saturated rings. The summed E-state index contributed by atoms with van der Waals surface area (Å²) in [7, 11) is 0. The Bertz CT molecular complexity index is 2960. The molecule has 12 rings (SSSR count). The van der Waals surface area contributed by atoms with Crippen molar-refractivity contribution in [3.8, 4) is 0 Å². The van der Waals surface area contributed by atoms with Gasteiger partial charge in [-0.15, -0.1) is 93.3 Å². The van der Waals surface area contributed by atoms with Crippen LogP contribution in [0.1, 0.15) is 63.8 Å². The Kier molecular flexibility index (Phi) is 23.4. The van der Waals surface area contributed by atoms with Gasteiger partial charge in [-0.3, -0.25) is 12.2 Å². The summed E-state index contributed by atoms with van der Waals surface area (Å²) in [5, 5.41) is 10.8. The van der Waals surface area contributed by atoms with Gasteiger partial charge in [-0.1, -0.05) is 112 Å². The molecule has 356 valence electrons. The monoisotopic (exact) mass is 1130 g/mol. The molecule has 10 aromatic carbocycles. The van der Waals surface area contributed by atoms with Gasteiger partial charge >= 0.3 is 198 Å². The topological polar surface area (TPSA) is 0 Å². The number of rotatable bonds is 4. The Morgan fingerprint density at radius 3 is 0.722 bits per heavy atom. The fourth-order valence-electron chi connectivity index (χ4n) is 8.55. The van der Waals surface area contributed by atoms with Crippen molar-refractivity contribution in [1.82, 2.24) is 0 Å². The quantitative estimate of drug-likeness (QED) is 0.154. The standard InChI is InChI=1S/2C13H9.2C13H10.2C8H11.2ClH.2Zr/c2*1-3-7-12-10(5-1)9-11-6-2-4-8-13(11)12;2*1-3-7-12(8-4-1)11-13-9-5-2-6-10-13;2*1-6-4-7(2)8(3)5-6;;;;/h2*1-9H;2*1-10H;2*4,6H,1-3H3;2*1H;;/q2*-1;;;2*-1;;;2*+2/p-2. The van der Waals surface area contributed by atoms with Crippen molar-refractivity contribution >= 4 is 49.5 Å². The molecule has 0 heterocycles. The van der Waals surface area contributed by atoms with Crippen molar-refractivity contribution in [1.29, 1.82) is 0 Å².